The molecule has 0 radical (unpaired) electrons. The molecule has 10 nitrogen and oxygen atoms in total. The van der Waals surface area contributed by atoms with Crippen LogP contribution in [0.4, 0.5) is 4.79 Å². The van der Waals surface area contributed by atoms with E-state index in [1.807, 2.05) is 4.72 Å². The zero-order valence-electron chi connectivity index (χ0n) is 13.2. The van der Waals surface area contributed by atoms with Crippen LogP contribution >= 0.6 is 0 Å². The molecule has 0 saturated carbocycles. The number of carbonyl (C=O) groups excluding carboxylic acids is 2. The van der Waals surface area contributed by atoms with E-state index in [-0.39, 0.29) is 23.1 Å². The highest BCUT2D eigenvalue weighted by atomic mass is 32.2. The Kier molecular flexibility index (Phi) is 4.93. The van der Waals surface area contributed by atoms with Crippen molar-refractivity contribution in [2.24, 2.45) is 5.10 Å². The fourth-order valence-corrected chi connectivity index (χ4v) is 3.12. The van der Waals surface area contributed by atoms with Gasteiger partial charge < -0.3 is 14.4 Å². The molecule has 1 heterocycles. The molecular weight excluding hydrogens is 340 g/mol. The Morgan fingerprint density at radius 2 is 1.92 bits per heavy atom. The van der Waals surface area contributed by atoms with Crippen molar-refractivity contribution in [2.45, 2.75) is 4.90 Å². The molecule has 0 spiro atoms. The maximum absolute atomic E-state index is 12.4. The van der Waals surface area contributed by atoms with Crippen molar-refractivity contribution in [3.05, 3.63) is 29.8 Å². The summed E-state index contributed by atoms with van der Waals surface area (Å²) in [7, 11) is -0.168. The second-order valence-electron chi connectivity index (χ2n) is 4.72. The SMILES string of the molecule is COC(=O)c1ccccc1S(=O)(=O)NC(=O)N1CN(C)C(OC)=N1. The number of amidine groups is 1. The molecule has 0 fully saturated rings. The largest absolute Gasteiger partial charge is 0.467 e. The van der Waals surface area contributed by atoms with E-state index in [4.69, 9.17) is 4.74 Å². The van der Waals surface area contributed by atoms with Crippen molar-refractivity contribution in [1.29, 1.82) is 0 Å². The Bertz CT molecular complexity index is 791. The van der Waals surface area contributed by atoms with Crippen LogP contribution in [0.25, 0.3) is 0 Å². The predicted molar refractivity (Wildman–Crippen MR) is 82.4 cm³/mol. The lowest BCUT2D eigenvalue weighted by atomic mass is 10.2. The Balaban J connectivity index is 2.26. The van der Waals surface area contributed by atoms with Crippen LogP contribution in [0, 0.1) is 0 Å². The van der Waals surface area contributed by atoms with Crippen LogP contribution in [0.1, 0.15) is 10.4 Å². The normalized spacial score (nSPS) is 14.2. The molecule has 1 aromatic rings. The highest BCUT2D eigenvalue weighted by Gasteiger charge is 2.30. The Labute approximate surface area is 138 Å². The average Bonchev–Trinajstić information content (AvgIpc) is 2.95. The smallest absolute Gasteiger partial charge is 0.353 e. The summed E-state index contributed by atoms with van der Waals surface area (Å²) in [5.74, 6) is -0.830. The van der Waals surface area contributed by atoms with Gasteiger partial charge in [-0.15, -0.1) is 5.10 Å². The summed E-state index contributed by atoms with van der Waals surface area (Å²) >= 11 is 0. The number of rotatable bonds is 3. The summed E-state index contributed by atoms with van der Waals surface area (Å²) in [6.45, 7) is 0.0170. The molecule has 24 heavy (non-hydrogen) atoms. The molecule has 0 bridgehead atoms. The van der Waals surface area contributed by atoms with E-state index in [9.17, 15) is 18.0 Å². The summed E-state index contributed by atoms with van der Waals surface area (Å²) in [6, 6.07) is 4.58. The van der Waals surface area contributed by atoms with Gasteiger partial charge in [0.05, 0.1) is 19.8 Å². The first kappa shape index (κ1) is 17.5. The van der Waals surface area contributed by atoms with Crippen LogP contribution in [0.15, 0.2) is 34.3 Å². The number of nitrogens with one attached hydrogen (secondary N) is 1. The lowest BCUT2D eigenvalue weighted by molar-refractivity contribution is 0.0596. The van der Waals surface area contributed by atoms with Gasteiger partial charge in [0, 0.05) is 7.05 Å². The summed E-state index contributed by atoms with van der Waals surface area (Å²) in [4.78, 5) is 25.0. The molecule has 1 aliphatic heterocycles. The molecular formula is C13H16N4O6S. The fourth-order valence-electron chi connectivity index (χ4n) is 1.98. The third kappa shape index (κ3) is 3.40. The summed E-state index contributed by atoms with van der Waals surface area (Å²) in [5.41, 5.74) is -0.181. The van der Waals surface area contributed by atoms with Gasteiger partial charge in [-0.2, -0.15) is 5.01 Å². The third-order valence-electron chi connectivity index (χ3n) is 3.10. The summed E-state index contributed by atoms with van der Waals surface area (Å²) < 4.78 is 36.2. The number of amides is 2. The zero-order valence-corrected chi connectivity index (χ0v) is 14.0. The number of benzene rings is 1. The van der Waals surface area contributed by atoms with Gasteiger partial charge in [-0.05, 0) is 12.1 Å². The number of carbonyl (C=O) groups is 2. The van der Waals surface area contributed by atoms with E-state index in [0.717, 1.165) is 12.1 Å². The zero-order chi connectivity index (χ0) is 17.9. The number of hydrogen-bond acceptors (Lipinski definition) is 8. The number of sulfonamides is 1. The minimum atomic E-state index is -4.30. The van der Waals surface area contributed by atoms with Gasteiger partial charge in [0.15, 0.2) is 0 Å². The average molecular weight is 356 g/mol. The molecule has 130 valence electrons. The first-order valence-corrected chi connectivity index (χ1v) is 8.14. The van der Waals surface area contributed by atoms with Gasteiger partial charge in [-0.3, -0.25) is 0 Å². The van der Waals surface area contributed by atoms with E-state index in [2.05, 4.69) is 9.84 Å². The summed E-state index contributed by atoms with van der Waals surface area (Å²) in [5, 5.41) is 4.71. The number of methoxy groups -OCH3 is 2. The molecule has 2 rings (SSSR count). The highest BCUT2D eigenvalue weighted by molar-refractivity contribution is 7.90. The number of esters is 1. The highest BCUT2D eigenvalue weighted by Crippen LogP contribution is 2.17. The number of nitrogens with zero attached hydrogens (tertiary/aromatic N) is 3. The maximum Gasteiger partial charge on any atom is 0.353 e. The van der Waals surface area contributed by atoms with Crippen LogP contribution in [-0.2, 0) is 19.5 Å². The molecule has 1 aliphatic rings. The van der Waals surface area contributed by atoms with Crippen molar-refractivity contribution in [2.75, 3.05) is 27.9 Å². The Morgan fingerprint density at radius 1 is 1.25 bits per heavy atom. The molecule has 0 unspecified atom stereocenters. The number of ether oxygens (including phenoxy) is 2. The lowest BCUT2D eigenvalue weighted by Gasteiger charge is -2.15. The van der Waals surface area contributed by atoms with E-state index in [0.29, 0.717) is 0 Å². The molecule has 2 amide bonds. The van der Waals surface area contributed by atoms with Crippen molar-refractivity contribution in [1.82, 2.24) is 14.6 Å². The molecule has 11 heteroatoms. The number of hydrogen-bond donors (Lipinski definition) is 1. The fraction of sp³-hybridized carbons (Fsp3) is 0.308. The van der Waals surface area contributed by atoms with Crippen molar-refractivity contribution in [3.63, 3.8) is 0 Å². The molecule has 0 atom stereocenters. The van der Waals surface area contributed by atoms with Gasteiger partial charge >= 0.3 is 18.0 Å². The molecule has 0 aliphatic carbocycles. The molecule has 1 aromatic carbocycles. The van der Waals surface area contributed by atoms with E-state index in [1.54, 1.807) is 7.05 Å². The van der Waals surface area contributed by atoms with Crippen LogP contribution in [-0.4, -0.2) is 64.3 Å². The standard InChI is InChI=1S/C13H16N4O6S/c1-16-8-17(14-13(16)23-3)12(19)15-24(20,21)10-7-5-4-6-9(10)11(18)22-2/h4-7H,8H2,1-3H3,(H,15,19). The molecule has 0 aromatic heterocycles. The quantitative estimate of drug-likeness (QED) is 0.757. The van der Waals surface area contributed by atoms with Crippen LogP contribution in [0.2, 0.25) is 0 Å². The Hall–Kier alpha value is -2.82. The first-order chi connectivity index (χ1) is 11.3. The van der Waals surface area contributed by atoms with Crippen LogP contribution in [0.3, 0.4) is 0 Å². The second kappa shape index (κ2) is 6.74. The van der Waals surface area contributed by atoms with E-state index < -0.39 is 22.0 Å². The second-order valence-corrected chi connectivity index (χ2v) is 6.37. The lowest BCUT2D eigenvalue weighted by Crippen LogP contribution is -2.41. The van der Waals surface area contributed by atoms with Gasteiger partial charge in [0.1, 0.15) is 11.6 Å². The van der Waals surface area contributed by atoms with E-state index >= 15 is 0 Å². The van der Waals surface area contributed by atoms with Gasteiger partial charge in [0.2, 0.25) is 0 Å². The van der Waals surface area contributed by atoms with E-state index in [1.165, 1.54) is 36.3 Å². The van der Waals surface area contributed by atoms with Crippen molar-refractivity contribution >= 4 is 28.0 Å². The van der Waals surface area contributed by atoms with Gasteiger partial charge in [0.25, 0.3) is 10.0 Å². The maximum atomic E-state index is 12.4. The topological polar surface area (TPSA) is 118 Å². The minimum absolute atomic E-state index is 0.0170. The first-order valence-electron chi connectivity index (χ1n) is 6.65. The number of hydrazone groups is 1. The minimum Gasteiger partial charge on any atom is -0.467 e. The monoisotopic (exact) mass is 356 g/mol. The summed E-state index contributed by atoms with van der Waals surface area (Å²) in [6.07, 6.45) is 0. The predicted octanol–water partition coefficient (Wildman–Crippen LogP) is -0.00620. The molecule has 1 N–H and O–H groups in total. The van der Waals surface area contributed by atoms with Crippen LogP contribution in [0.5, 0.6) is 0 Å². The molecule has 0 saturated heterocycles. The third-order valence-corrected chi connectivity index (χ3v) is 4.48. The Morgan fingerprint density at radius 3 is 2.50 bits per heavy atom. The van der Waals surface area contributed by atoms with Crippen LogP contribution < -0.4 is 4.72 Å². The van der Waals surface area contributed by atoms with Gasteiger partial charge in [-0.25, -0.2) is 22.7 Å². The van der Waals surface area contributed by atoms with Crippen molar-refractivity contribution < 1.29 is 27.5 Å². The van der Waals surface area contributed by atoms with Gasteiger partial charge in [-0.1, -0.05) is 12.1 Å². The number of urea groups is 1. The van der Waals surface area contributed by atoms with Crippen molar-refractivity contribution in [3.8, 4) is 0 Å².